The molecule has 0 bridgehead atoms. The summed E-state index contributed by atoms with van der Waals surface area (Å²) in [5.74, 6) is 0.804. The van der Waals surface area contributed by atoms with Gasteiger partial charge in [0.25, 0.3) is 0 Å². The molecule has 0 spiro atoms. The lowest BCUT2D eigenvalue weighted by Crippen LogP contribution is -2.46. The number of amides is 1. The summed E-state index contributed by atoms with van der Waals surface area (Å²) >= 11 is 0. The van der Waals surface area contributed by atoms with Gasteiger partial charge in [0, 0.05) is 12.6 Å². The third kappa shape index (κ3) is 4.97. The smallest absolute Gasteiger partial charge is 0.224 e. The molecule has 1 amide bonds. The lowest BCUT2D eigenvalue weighted by Gasteiger charge is -2.23. The van der Waals surface area contributed by atoms with Gasteiger partial charge in [-0.3, -0.25) is 4.79 Å². The van der Waals surface area contributed by atoms with Gasteiger partial charge < -0.3 is 10.6 Å². The molecule has 1 unspecified atom stereocenters. The van der Waals surface area contributed by atoms with Gasteiger partial charge in [0.2, 0.25) is 5.91 Å². The minimum Gasteiger partial charge on any atom is -0.352 e. The fraction of sp³-hybridized carbons (Fsp3) is 0.588. The maximum Gasteiger partial charge on any atom is 0.224 e. The highest BCUT2D eigenvalue weighted by atomic mass is 16.1. The molecular weight excluding hydrogens is 248 g/mol. The van der Waals surface area contributed by atoms with E-state index in [1.165, 1.54) is 5.56 Å². The van der Waals surface area contributed by atoms with Crippen molar-refractivity contribution in [2.45, 2.75) is 45.6 Å². The van der Waals surface area contributed by atoms with Crippen molar-refractivity contribution in [2.75, 3.05) is 13.1 Å². The van der Waals surface area contributed by atoms with E-state index in [0.717, 1.165) is 37.9 Å². The molecule has 1 aliphatic rings. The number of rotatable bonds is 5. The lowest BCUT2D eigenvalue weighted by molar-refractivity contribution is -0.121. The summed E-state index contributed by atoms with van der Waals surface area (Å²) in [6.45, 7) is 6.42. The second-order valence-electron chi connectivity index (χ2n) is 6.20. The maximum atomic E-state index is 12.0. The van der Waals surface area contributed by atoms with E-state index in [2.05, 4.69) is 48.7 Å². The van der Waals surface area contributed by atoms with E-state index in [9.17, 15) is 4.79 Å². The first-order valence-electron chi connectivity index (χ1n) is 7.71. The predicted molar refractivity (Wildman–Crippen MR) is 82.7 cm³/mol. The van der Waals surface area contributed by atoms with E-state index in [1.54, 1.807) is 0 Å². The number of nitrogens with one attached hydrogen (secondary N) is 2. The third-order valence-electron chi connectivity index (χ3n) is 3.69. The van der Waals surface area contributed by atoms with Crippen molar-refractivity contribution in [1.82, 2.24) is 10.6 Å². The van der Waals surface area contributed by atoms with Crippen molar-refractivity contribution >= 4 is 5.91 Å². The Morgan fingerprint density at radius 1 is 1.30 bits per heavy atom. The van der Waals surface area contributed by atoms with Crippen molar-refractivity contribution in [2.24, 2.45) is 5.92 Å². The fourth-order valence-corrected chi connectivity index (χ4v) is 2.70. The molecule has 110 valence electrons. The van der Waals surface area contributed by atoms with Crippen molar-refractivity contribution < 1.29 is 4.79 Å². The van der Waals surface area contributed by atoms with E-state index in [1.807, 2.05) is 0 Å². The summed E-state index contributed by atoms with van der Waals surface area (Å²) < 4.78 is 0. The van der Waals surface area contributed by atoms with Gasteiger partial charge in [0.05, 0.1) is 6.42 Å². The molecule has 1 aliphatic heterocycles. The lowest BCUT2D eigenvalue weighted by atomic mass is 10.0. The molecule has 0 aromatic heterocycles. The summed E-state index contributed by atoms with van der Waals surface area (Å²) in [5.41, 5.74) is 2.44. The Labute approximate surface area is 122 Å². The Hall–Kier alpha value is -1.35. The molecule has 20 heavy (non-hydrogen) atoms. The second-order valence-corrected chi connectivity index (χ2v) is 6.20. The Bertz CT molecular complexity index is 419. The van der Waals surface area contributed by atoms with Crippen LogP contribution in [0.4, 0.5) is 0 Å². The molecule has 2 N–H and O–H groups in total. The quantitative estimate of drug-likeness (QED) is 0.865. The number of hydrogen-bond acceptors (Lipinski definition) is 2. The summed E-state index contributed by atoms with van der Waals surface area (Å²) in [5, 5.41) is 6.43. The van der Waals surface area contributed by atoms with Crippen LogP contribution >= 0.6 is 0 Å². The molecule has 0 saturated carbocycles. The number of carbonyl (C=O) groups is 1. The Morgan fingerprint density at radius 3 is 2.60 bits per heavy atom. The first kappa shape index (κ1) is 15.0. The zero-order valence-corrected chi connectivity index (χ0v) is 12.6. The van der Waals surface area contributed by atoms with Crippen LogP contribution in [0, 0.1) is 5.92 Å². The first-order chi connectivity index (χ1) is 9.63. The molecule has 1 atom stereocenters. The standard InChI is InChI=1S/C17H26N2O/c1-13(2)10-14-5-7-15(8-6-14)11-17(20)19-16-4-3-9-18-12-16/h5-8,13,16,18H,3-4,9-12H2,1-2H3,(H,19,20). The van der Waals surface area contributed by atoms with Crippen LogP contribution in [0.5, 0.6) is 0 Å². The van der Waals surface area contributed by atoms with E-state index in [-0.39, 0.29) is 5.91 Å². The SMILES string of the molecule is CC(C)Cc1ccc(CC(=O)NC2CCCNC2)cc1. The molecule has 1 saturated heterocycles. The van der Waals surface area contributed by atoms with E-state index in [4.69, 9.17) is 0 Å². The second kappa shape index (κ2) is 7.44. The highest BCUT2D eigenvalue weighted by Gasteiger charge is 2.15. The van der Waals surface area contributed by atoms with Gasteiger partial charge in [0.15, 0.2) is 0 Å². The summed E-state index contributed by atoms with van der Waals surface area (Å²) in [6, 6.07) is 8.75. The van der Waals surface area contributed by atoms with Crippen LogP contribution in [0.15, 0.2) is 24.3 Å². The predicted octanol–water partition coefficient (Wildman–Crippen LogP) is 2.30. The minimum atomic E-state index is 0.135. The van der Waals surface area contributed by atoms with Crippen LogP contribution in [0.1, 0.15) is 37.8 Å². The number of hydrogen-bond donors (Lipinski definition) is 2. The minimum absolute atomic E-state index is 0.135. The monoisotopic (exact) mass is 274 g/mol. The average Bonchev–Trinajstić information content (AvgIpc) is 2.41. The highest BCUT2D eigenvalue weighted by Crippen LogP contribution is 2.10. The summed E-state index contributed by atoms with van der Waals surface area (Å²) in [4.78, 5) is 12.0. The molecule has 2 rings (SSSR count). The average molecular weight is 274 g/mol. The Balaban J connectivity index is 1.81. The molecule has 0 radical (unpaired) electrons. The zero-order chi connectivity index (χ0) is 14.4. The van der Waals surface area contributed by atoms with Gasteiger partial charge in [-0.1, -0.05) is 38.1 Å². The Kier molecular flexibility index (Phi) is 5.60. The summed E-state index contributed by atoms with van der Waals surface area (Å²) in [7, 11) is 0. The van der Waals surface area contributed by atoms with Crippen LogP contribution < -0.4 is 10.6 Å². The van der Waals surface area contributed by atoms with Crippen LogP contribution in [0.25, 0.3) is 0 Å². The van der Waals surface area contributed by atoms with Gasteiger partial charge in [-0.15, -0.1) is 0 Å². The highest BCUT2D eigenvalue weighted by molar-refractivity contribution is 5.78. The molecule has 1 aromatic rings. The molecule has 0 aliphatic carbocycles. The van der Waals surface area contributed by atoms with E-state index in [0.29, 0.717) is 18.4 Å². The topological polar surface area (TPSA) is 41.1 Å². The van der Waals surface area contributed by atoms with Crippen LogP contribution in [0.2, 0.25) is 0 Å². The van der Waals surface area contributed by atoms with Crippen LogP contribution in [0.3, 0.4) is 0 Å². The first-order valence-corrected chi connectivity index (χ1v) is 7.71. The molecule has 1 aromatic carbocycles. The normalized spacial score (nSPS) is 19.1. The van der Waals surface area contributed by atoms with Gasteiger partial charge in [-0.2, -0.15) is 0 Å². The zero-order valence-electron chi connectivity index (χ0n) is 12.6. The largest absolute Gasteiger partial charge is 0.352 e. The van der Waals surface area contributed by atoms with Crippen LogP contribution in [-0.4, -0.2) is 25.0 Å². The van der Waals surface area contributed by atoms with Crippen molar-refractivity contribution in [3.05, 3.63) is 35.4 Å². The molecular formula is C17H26N2O. The Morgan fingerprint density at radius 2 is 2.00 bits per heavy atom. The molecule has 3 heteroatoms. The molecule has 3 nitrogen and oxygen atoms in total. The van der Waals surface area contributed by atoms with Crippen molar-refractivity contribution in [1.29, 1.82) is 0 Å². The maximum absolute atomic E-state index is 12.0. The fourth-order valence-electron chi connectivity index (χ4n) is 2.70. The summed E-state index contributed by atoms with van der Waals surface area (Å²) in [6.07, 6.45) is 3.82. The number of carbonyl (C=O) groups excluding carboxylic acids is 1. The van der Waals surface area contributed by atoms with E-state index < -0.39 is 0 Å². The van der Waals surface area contributed by atoms with Crippen LogP contribution in [-0.2, 0) is 17.6 Å². The van der Waals surface area contributed by atoms with Crippen molar-refractivity contribution in [3.63, 3.8) is 0 Å². The molecule has 1 heterocycles. The van der Waals surface area contributed by atoms with E-state index >= 15 is 0 Å². The third-order valence-corrected chi connectivity index (χ3v) is 3.69. The van der Waals surface area contributed by atoms with Gasteiger partial charge >= 0.3 is 0 Å². The van der Waals surface area contributed by atoms with Gasteiger partial charge in [-0.05, 0) is 42.9 Å². The number of benzene rings is 1. The number of piperidine rings is 1. The van der Waals surface area contributed by atoms with Crippen molar-refractivity contribution in [3.8, 4) is 0 Å². The molecule has 1 fully saturated rings. The van der Waals surface area contributed by atoms with Gasteiger partial charge in [-0.25, -0.2) is 0 Å². The van der Waals surface area contributed by atoms with Gasteiger partial charge in [0.1, 0.15) is 0 Å².